The zero-order valence-corrected chi connectivity index (χ0v) is 12.1. The Bertz CT molecular complexity index is 601. The molecule has 0 bridgehead atoms. The first-order chi connectivity index (χ1) is 10.5. The number of amides is 2. The van der Waals surface area contributed by atoms with Gasteiger partial charge in [0.25, 0.3) is 16.9 Å². The van der Waals surface area contributed by atoms with Crippen LogP contribution < -0.4 is 4.74 Å². The van der Waals surface area contributed by atoms with Crippen molar-refractivity contribution in [1.29, 1.82) is 0 Å². The van der Waals surface area contributed by atoms with Crippen molar-refractivity contribution in [1.82, 2.24) is 4.90 Å². The molecule has 0 spiro atoms. The van der Waals surface area contributed by atoms with Crippen LogP contribution in [0.5, 0.6) is 5.75 Å². The third-order valence-electron chi connectivity index (χ3n) is 3.14. The third-order valence-corrected chi connectivity index (χ3v) is 3.14. The molecule has 0 saturated carbocycles. The lowest BCUT2D eigenvalue weighted by molar-refractivity contribution is -0.757. The first-order valence-corrected chi connectivity index (χ1v) is 6.95. The first kappa shape index (κ1) is 15.7. The number of hydrogen-bond donors (Lipinski definition) is 0. The summed E-state index contributed by atoms with van der Waals surface area (Å²) in [6.45, 7) is 2.41. The quantitative estimate of drug-likeness (QED) is 0.313. The standard InChI is InChI=1S/C14H16N2O6/c1-2-7-21-10-4-5-11-12(9-10)14(18)15(13(11)17)6-3-8-22-16(19)20/h4-5,9H,2-3,6-8H2,1H3. The van der Waals surface area contributed by atoms with Crippen LogP contribution in [0.25, 0.3) is 0 Å². The number of hydrogen-bond acceptors (Lipinski definition) is 6. The van der Waals surface area contributed by atoms with Crippen molar-refractivity contribution in [3.8, 4) is 5.75 Å². The highest BCUT2D eigenvalue weighted by Gasteiger charge is 2.35. The van der Waals surface area contributed by atoms with E-state index in [2.05, 4.69) is 4.84 Å². The lowest BCUT2D eigenvalue weighted by Gasteiger charge is -2.12. The molecule has 8 nitrogen and oxygen atoms in total. The molecule has 0 N–H and O–H groups in total. The van der Waals surface area contributed by atoms with Crippen LogP contribution in [0.2, 0.25) is 0 Å². The maximum Gasteiger partial charge on any atom is 0.294 e. The van der Waals surface area contributed by atoms with E-state index in [0.29, 0.717) is 23.5 Å². The minimum atomic E-state index is -0.903. The van der Waals surface area contributed by atoms with E-state index in [1.54, 1.807) is 18.2 Å². The number of carbonyl (C=O) groups is 2. The van der Waals surface area contributed by atoms with Crippen molar-refractivity contribution in [3.63, 3.8) is 0 Å². The normalized spacial score (nSPS) is 13.2. The molecule has 1 heterocycles. The van der Waals surface area contributed by atoms with Crippen LogP contribution in [0.4, 0.5) is 0 Å². The highest BCUT2D eigenvalue weighted by Crippen LogP contribution is 2.27. The predicted molar refractivity (Wildman–Crippen MR) is 75.2 cm³/mol. The topological polar surface area (TPSA) is 99.0 Å². The van der Waals surface area contributed by atoms with Crippen molar-refractivity contribution < 1.29 is 24.3 Å². The van der Waals surface area contributed by atoms with Crippen molar-refractivity contribution in [2.75, 3.05) is 19.8 Å². The fourth-order valence-corrected chi connectivity index (χ4v) is 2.14. The van der Waals surface area contributed by atoms with Crippen molar-refractivity contribution in [3.05, 3.63) is 39.4 Å². The zero-order valence-electron chi connectivity index (χ0n) is 12.1. The van der Waals surface area contributed by atoms with E-state index in [4.69, 9.17) is 4.74 Å². The van der Waals surface area contributed by atoms with Gasteiger partial charge in [-0.2, -0.15) is 0 Å². The molecule has 2 rings (SSSR count). The second-order valence-corrected chi connectivity index (χ2v) is 4.73. The van der Waals surface area contributed by atoms with E-state index in [9.17, 15) is 19.7 Å². The second-order valence-electron chi connectivity index (χ2n) is 4.73. The van der Waals surface area contributed by atoms with Crippen LogP contribution in [-0.4, -0.2) is 41.6 Å². The molecule has 0 unspecified atom stereocenters. The van der Waals surface area contributed by atoms with Crippen molar-refractivity contribution in [2.45, 2.75) is 19.8 Å². The van der Waals surface area contributed by atoms with Gasteiger partial charge in [-0.3, -0.25) is 14.5 Å². The van der Waals surface area contributed by atoms with Gasteiger partial charge in [0.1, 0.15) is 5.75 Å². The van der Waals surface area contributed by atoms with Crippen LogP contribution >= 0.6 is 0 Å². The van der Waals surface area contributed by atoms with Gasteiger partial charge in [-0.1, -0.05) is 6.92 Å². The van der Waals surface area contributed by atoms with Gasteiger partial charge in [-0.25, -0.2) is 0 Å². The molecule has 8 heteroatoms. The largest absolute Gasteiger partial charge is 0.494 e. The number of benzene rings is 1. The Labute approximate surface area is 126 Å². The highest BCUT2D eigenvalue weighted by atomic mass is 16.9. The molecule has 1 aromatic rings. The fraction of sp³-hybridized carbons (Fsp3) is 0.429. The van der Waals surface area contributed by atoms with Gasteiger partial charge in [0, 0.05) is 6.54 Å². The molecule has 1 aromatic carbocycles. The van der Waals surface area contributed by atoms with Gasteiger partial charge < -0.3 is 9.57 Å². The molecule has 1 aliphatic heterocycles. The van der Waals surface area contributed by atoms with Gasteiger partial charge in [0.05, 0.1) is 24.3 Å². The Morgan fingerprint density at radius 2 is 1.91 bits per heavy atom. The fourth-order valence-electron chi connectivity index (χ4n) is 2.14. The summed E-state index contributed by atoms with van der Waals surface area (Å²) in [5.74, 6) is -0.272. The summed E-state index contributed by atoms with van der Waals surface area (Å²) in [4.78, 5) is 39.7. The Balaban J connectivity index is 2.03. The number of carbonyl (C=O) groups excluding carboxylic acids is 2. The smallest absolute Gasteiger partial charge is 0.294 e. The highest BCUT2D eigenvalue weighted by molar-refractivity contribution is 6.21. The Hall–Kier alpha value is -2.64. The number of rotatable bonds is 8. The molecule has 0 atom stereocenters. The van der Waals surface area contributed by atoms with E-state index < -0.39 is 16.9 Å². The van der Waals surface area contributed by atoms with Crippen molar-refractivity contribution >= 4 is 11.8 Å². The Kier molecular flexibility index (Phi) is 4.92. The first-order valence-electron chi connectivity index (χ1n) is 6.95. The van der Waals surface area contributed by atoms with Crippen LogP contribution in [0.3, 0.4) is 0 Å². The number of fused-ring (bicyclic) bond motifs is 1. The maximum atomic E-state index is 12.2. The summed E-state index contributed by atoms with van der Waals surface area (Å²) in [6.07, 6.45) is 1.04. The number of imide groups is 1. The van der Waals surface area contributed by atoms with Crippen LogP contribution in [0, 0.1) is 10.1 Å². The number of nitrogens with zero attached hydrogens (tertiary/aromatic N) is 2. The summed E-state index contributed by atoms with van der Waals surface area (Å²) in [5.41, 5.74) is 0.623. The Morgan fingerprint density at radius 3 is 2.59 bits per heavy atom. The van der Waals surface area contributed by atoms with Crippen LogP contribution in [-0.2, 0) is 4.84 Å². The molecule has 22 heavy (non-hydrogen) atoms. The maximum absolute atomic E-state index is 12.2. The van der Waals surface area contributed by atoms with E-state index in [0.717, 1.165) is 11.3 Å². The molecule has 0 aromatic heterocycles. The van der Waals surface area contributed by atoms with E-state index in [-0.39, 0.29) is 19.6 Å². The van der Waals surface area contributed by atoms with Gasteiger partial charge in [0.15, 0.2) is 0 Å². The molecule has 0 saturated heterocycles. The van der Waals surface area contributed by atoms with Crippen LogP contribution in [0.15, 0.2) is 18.2 Å². The van der Waals surface area contributed by atoms with E-state index in [1.165, 1.54) is 0 Å². The van der Waals surface area contributed by atoms with Gasteiger partial charge in [-0.15, -0.1) is 10.1 Å². The monoisotopic (exact) mass is 308 g/mol. The molecule has 118 valence electrons. The van der Waals surface area contributed by atoms with Crippen molar-refractivity contribution in [2.24, 2.45) is 0 Å². The lowest BCUT2D eigenvalue weighted by atomic mass is 10.1. The van der Waals surface area contributed by atoms with Gasteiger partial charge in [0.2, 0.25) is 0 Å². The second kappa shape index (κ2) is 6.88. The molecule has 0 fully saturated rings. The molecular weight excluding hydrogens is 292 g/mol. The van der Waals surface area contributed by atoms with E-state index >= 15 is 0 Å². The average molecular weight is 308 g/mol. The molecule has 0 radical (unpaired) electrons. The average Bonchev–Trinajstić information content (AvgIpc) is 2.73. The number of ether oxygens (including phenoxy) is 1. The molecule has 1 aliphatic rings. The predicted octanol–water partition coefficient (Wildman–Crippen LogP) is 1.67. The molecular formula is C14H16N2O6. The summed E-state index contributed by atoms with van der Waals surface area (Å²) in [6, 6.07) is 4.77. The van der Waals surface area contributed by atoms with Crippen LogP contribution in [0.1, 0.15) is 40.5 Å². The van der Waals surface area contributed by atoms with Gasteiger partial charge >= 0.3 is 0 Å². The molecule has 2 amide bonds. The summed E-state index contributed by atoms with van der Waals surface area (Å²) < 4.78 is 5.45. The molecule has 0 aliphatic carbocycles. The van der Waals surface area contributed by atoms with E-state index in [1.807, 2.05) is 6.92 Å². The Morgan fingerprint density at radius 1 is 1.18 bits per heavy atom. The minimum absolute atomic E-state index is 0.0747. The minimum Gasteiger partial charge on any atom is -0.494 e. The summed E-state index contributed by atoms with van der Waals surface area (Å²) in [7, 11) is 0. The lowest BCUT2D eigenvalue weighted by Crippen LogP contribution is -2.31. The summed E-state index contributed by atoms with van der Waals surface area (Å²) >= 11 is 0. The third kappa shape index (κ3) is 3.33. The zero-order chi connectivity index (χ0) is 16.1. The SMILES string of the molecule is CCCOc1ccc2c(c1)C(=O)N(CCCO[N+](=O)[O-])C2=O. The summed E-state index contributed by atoms with van der Waals surface area (Å²) in [5, 5.41) is 9.15. The van der Waals surface area contributed by atoms with Gasteiger partial charge in [-0.05, 0) is 31.0 Å².